The van der Waals surface area contributed by atoms with Crippen LogP contribution in [0.3, 0.4) is 0 Å². The number of piperidine rings is 1. The lowest BCUT2D eigenvalue weighted by atomic mass is 9.95. The van der Waals surface area contributed by atoms with Crippen LogP contribution in [0.1, 0.15) is 18.4 Å². The second kappa shape index (κ2) is 4.88. The third kappa shape index (κ3) is 2.14. The number of aromatic amines is 1. The first-order valence-electron chi connectivity index (χ1n) is 7.84. The second-order valence-electron chi connectivity index (χ2n) is 6.38. The quantitative estimate of drug-likeness (QED) is 0.802. The van der Waals surface area contributed by atoms with Gasteiger partial charge in [0, 0.05) is 23.6 Å². The van der Waals surface area contributed by atoms with Crippen LogP contribution in [0.25, 0.3) is 10.9 Å². The van der Waals surface area contributed by atoms with Gasteiger partial charge in [0.05, 0.1) is 5.41 Å². The number of fused-ring (bicyclic) bond motifs is 2. The summed E-state index contributed by atoms with van der Waals surface area (Å²) in [6.45, 7) is 2.71. The first kappa shape index (κ1) is 12.9. The minimum atomic E-state index is -0.0362. The van der Waals surface area contributed by atoms with Gasteiger partial charge in [-0.15, -0.1) is 0 Å². The summed E-state index contributed by atoms with van der Waals surface area (Å²) in [5.74, 6) is 0.841. The van der Waals surface area contributed by atoms with Crippen molar-refractivity contribution in [3.63, 3.8) is 0 Å². The number of rotatable bonds is 4. The molecule has 0 unspecified atom stereocenters. The zero-order valence-corrected chi connectivity index (χ0v) is 12.1. The lowest BCUT2D eigenvalue weighted by Gasteiger charge is -2.21. The van der Waals surface area contributed by atoms with Crippen LogP contribution >= 0.6 is 0 Å². The van der Waals surface area contributed by atoms with Crippen molar-refractivity contribution in [1.29, 1.82) is 0 Å². The van der Waals surface area contributed by atoms with Gasteiger partial charge in [-0.3, -0.25) is 4.79 Å². The minimum absolute atomic E-state index is 0.0362. The standard InChI is InChI=1S/C17H21N3O/c21-16(17-6-8-18-11-13(17)9-17)19-7-5-12-10-20-15-4-2-1-3-14(12)15/h1-4,10,13,18,20H,5-9,11H2,(H,19,21)/t13-,17+/m0/s1. The largest absolute Gasteiger partial charge is 0.361 e. The molecule has 1 saturated carbocycles. The van der Waals surface area contributed by atoms with Crippen LogP contribution in [0.5, 0.6) is 0 Å². The van der Waals surface area contributed by atoms with E-state index in [-0.39, 0.29) is 11.3 Å². The lowest BCUT2D eigenvalue weighted by molar-refractivity contribution is -0.127. The Labute approximate surface area is 124 Å². The molecule has 2 fully saturated rings. The molecule has 3 N–H and O–H groups in total. The van der Waals surface area contributed by atoms with E-state index < -0.39 is 0 Å². The Balaban J connectivity index is 1.36. The van der Waals surface area contributed by atoms with Gasteiger partial charge in [0.25, 0.3) is 0 Å². The zero-order chi connectivity index (χ0) is 14.3. The van der Waals surface area contributed by atoms with E-state index in [2.05, 4.69) is 40.0 Å². The minimum Gasteiger partial charge on any atom is -0.361 e. The van der Waals surface area contributed by atoms with Gasteiger partial charge in [0.15, 0.2) is 0 Å². The van der Waals surface area contributed by atoms with Crippen molar-refractivity contribution in [2.75, 3.05) is 19.6 Å². The zero-order valence-electron chi connectivity index (χ0n) is 12.1. The molecule has 0 spiro atoms. The van der Waals surface area contributed by atoms with Gasteiger partial charge in [-0.25, -0.2) is 0 Å². The van der Waals surface area contributed by atoms with Gasteiger partial charge in [-0.1, -0.05) is 18.2 Å². The van der Waals surface area contributed by atoms with Gasteiger partial charge in [0.1, 0.15) is 0 Å². The fourth-order valence-electron chi connectivity index (χ4n) is 3.76. The topological polar surface area (TPSA) is 56.9 Å². The Hall–Kier alpha value is -1.81. The molecule has 2 aliphatic rings. The average molecular weight is 283 g/mol. The van der Waals surface area contributed by atoms with Crippen LogP contribution in [0.15, 0.2) is 30.5 Å². The number of aromatic nitrogens is 1. The maximum atomic E-state index is 12.4. The molecule has 1 saturated heterocycles. The number of carbonyl (C=O) groups is 1. The Bertz CT molecular complexity index is 677. The Morgan fingerprint density at radius 3 is 3.19 bits per heavy atom. The maximum absolute atomic E-state index is 12.4. The second-order valence-corrected chi connectivity index (χ2v) is 6.38. The number of carbonyl (C=O) groups excluding carboxylic acids is 1. The molecule has 2 aromatic rings. The number of nitrogens with one attached hydrogen (secondary N) is 3. The molecule has 21 heavy (non-hydrogen) atoms. The summed E-state index contributed by atoms with van der Waals surface area (Å²) in [6, 6.07) is 8.31. The SMILES string of the molecule is O=C(NCCc1c[nH]c2ccccc12)[C@@]12CCNC[C@@H]1C2. The van der Waals surface area contributed by atoms with E-state index in [0.717, 1.165) is 44.4 Å². The molecule has 4 nitrogen and oxygen atoms in total. The van der Waals surface area contributed by atoms with Crippen molar-refractivity contribution in [2.45, 2.75) is 19.3 Å². The van der Waals surface area contributed by atoms with E-state index in [9.17, 15) is 4.79 Å². The van der Waals surface area contributed by atoms with Gasteiger partial charge < -0.3 is 15.6 Å². The maximum Gasteiger partial charge on any atom is 0.226 e. The Morgan fingerprint density at radius 2 is 2.29 bits per heavy atom. The lowest BCUT2D eigenvalue weighted by Crippen LogP contribution is -2.40. The molecular weight excluding hydrogens is 262 g/mol. The fraction of sp³-hybridized carbons (Fsp3) is 0.471. The predicted molar refractivity (Wildman–Crippen MR) is 83.0 cm³/mol. The number of hydrogen-bond donors (Lipinski definition) is 3. The number of benzene rings is 1. The van der Waals surface area contributed by atoms with Gasteiger partial charge in [-0.05, 0) is 49.9 Å². The highest BCUT2D eigenvalue weighted by atomic mass is 16.2. The number of hydrogen-bond acceptors (Lipinski definition) is 2. The third-order valence-electron chi connectivity index (χ3n) is 5.18. The smallest absolute Gasteiger partial charge is 0.226 e. The first-order chi connectivity index (χ1) is 10.3. The highest BCUT2D eigenvalue weighted by molar-refractivity contribution is 5.86. The van der Waals surface area contributed by atoms with Gasteiger partial charge in [0.2, 0.25) is 5.91 Å². The molecule has 1 aliphatic carbocycles. The summed E-state index contributed by atoms with van der Waals surface area (Å²) in [7, 11) is 0. The third-order valence-corrected chi connectivity index (χ3v) is 5.18. The number of H-pyrrole nitrogens is 1. The predicted octanol–water partition coefficient (Wildman–Crippen LogP) is 1.83. The van der Waals surface area contributed by atoms with E-state index in [4.69, 9.17) is 0 Å². The van der Waals surface area contributed by atoms with Crippen LogP contribution in [0.4, 0.5) is 0 Å². The van der Waals surface area contributed by atoms with E-state index in [1.807, 2.05) is 6.07 Å². The molecule has 110 valence electrons. The van der Waals surface area contributed by atoms with Crippen molar-refractivity contribution in [2.24, 2.45) is 11.3 Å². The average Bonchev–Trinajstić information content (AvgIpc) is 3.15. The summed E-state index contributed by atoms with van der Waals surface area (Å²) in [4.78, 5) is 15.7. The molecule has 4 rings (SSSR count). The highest BCUT2D eigenvalue weighted by Crippen LogP contribution is 2.56. The molecule has 1 aromatic heterocycles. The summed E-state index contributed by atoms with van der Waals surface area (Å²) in [5, 5.41) is 7.79. The van der Waals surface area contributed by atoms with E-state index in [0.29, 0.717) is 5.92 Å². The van der Waals surface area contributed by atoms with Crippen LogP contribution in [0.2, 0.25) is 0 Å². The van der Waals surface area contributed by atoms with Crippen molar-refractivity contribution >= 4 is 16.8 Å². The van der Waals surface area contributed by atoms with Gasteiger partial charge in [-0.2, -0.15) is 0 Å². The molecule has 2 heterocycles. The van der Waals surface area contributed by atoms with Crippen LogP contribution < -0.4 is 10.6 Å². The Morgan fingerprint density at radius 1 is 1.38 bits per heavy atom. The van der Waals surface area contributed by atoms with Crippen molar-refractivity contribution in [3.05, 3.63) is 36.0 Å². The Kier molecular flexibility index (Phi) is 3.00. The molecular formula is C17H21N3O. The molecule has 1 aliphatic heterocycles. The molecule has 4 heteroatoms. The molecule has 0 radical (unpaired) electrons. The van der Waals surface area contributed by atoms with Crippen molar-refractivity contribution in [3.8, 4) is 0 Å². The first-order valence-corrected chi connectivity index (χ1v) is 7.84. The van der Waals surface area contributed by atoms with Crippen molar-refractivity contribution in [1.82, 2.24) is 15.6 Å². The summed E-state index contributed by atoms with van der Waals surface area (Å²) in [5.41, 5.74) is 2.41. The highest BCUT2D eigenvalue weighted by Gasteiger charge is 2.60. The van der Waals surface area contributed by atoms with Crippen LogP contribution in [-0.2, 0) is 11.2 Å². The fourth-order valence-corrected chi connectivity index (χ4v) is 3.76. The summed E-state index contributed by atoms with van der Waals surface area (Å²) >= 11 is 0. The molecule has 0 bridgehead atoms. The molecule has 2 atom stereocenters. The normalized spacial score (nSPS) is 27.3. The van der Waals surface area contributed by atoms with Crippen molar-refractivity contribution < 1.29 is 4.79 Å². The summed E-state index contributed by atoms with van der Waals surface area (Å²) < 4.78 is 0. The molecule has 1 amide bonds. The molecule has 1 aromatic carbocycles. The van der Waals surface area contributed by atoms with Crippen LogP contribution in [0, 0.1) is 11.3 Å². The summed E-state index contributed by atoms with van der Waals surface area (Å²) in [6.07, 6.45) is 5.00. The number of para-hydroxylation sites is 1. The monoisotopic (exact) mass is 283 g/mol. The van der Waals surface area contributed by atoms with E-state index >= 15 is 0 Å². The van der Waals surface area contributed by atoms with Crippen LogP contribution in [-0.4, -0.2) is 30.5 Å². The van der Waals surface area contributed by atoms with E-state index in [1.165, 1.54) is 10.9 Å². The van der Waals surface area contributed by atoms with Gasteiger partial charge >= 0.3 is 0 Å². The van der Waals surface area contributed by atoms with E-state index in [1.54, 1.807) is 0 Å². The number of amides is 1.